The van der Waals surface area contributed by atoms with Crippen molar-refractivity contribution in [1.82, 2.24) is 0 Å². The fourth-order valence-corrected chi connectivity index (χ4v) is 1.92. The third-order valence-corrected chi connectivity index (χ3v) is 3.33. The molecule has 0 aliphatic rings. The van der Waals surface area contributed by atoms with Crippen LogP contribution in [0.5, 0.6) is 5.75 Å². The average molecular weight is 299 g/mol. The monoisotopic (exact) mass is 299 g/mol. The van der Waals surface area contributed by atoms with Gasteiger partial charge in [0.15, 0.2) is 6.61 Å². The molecule has 0 aliphatic heterocycles. The van der Waals surface area contributed by atoms with Crippen molar-refractivity contribution < 1.29 is 19.4 Å². The first-order chi connectivity index (χ1) is 10.5. The summed E-state index contributed by atoms with van der Waals surface area (Å²) in [4.78, 5) is 22.6. The van der Waals surface area contributed by atoms with Gasteiger partial charge in [-0.1, -0.05) is 12.1 Å². The van der Waals surface area contributed by atoms with E-state index in [-0.39, 0.29) is 18.1 Å². The molecule has 0 atom stereocenters. The number of ether oxygens (including phenoxy) is 1. The quantitative estimate of drug-likeness (QED) is 0.890. The Kier molecular flexibility index (Phi) is 4.78. The molecule has 2 aromatic carbocycles. The second-order valence-corrected chi connectivity index (χ2v) is 4.92. The minimum atomic E-state index is -1.00. The topological polar surface area (TPSA) is 75.6 Å². The number of carboxylic acids is 1. The SMILES string of the molecule is Cc1cccc(OCC(=O)Nc2ccc(C(=O)O)cc2)c1C. The van der Waals surface area contributed by atoms with Gasteiger partial charge in [0.2, 0.25) is 0 Å². The standard InChI is InChI=1S/C17H17NO4/c1-11-4-3-5-15(12(11)2)22-10-16(19)18-14-8-6-13(7-9-14)17(20)21/h3-9H,10H2,1-2H3,(H,18,19)(H,20,21). The molecule has 0 radical (unpaired) electrons. The van der Waals surface area contributed by atoms with E-state index in [1.807, 2.05) is 32.0 Å². The highest BCUT2D eigenvalue weighted by molar-refractivity contribution is 5.93. The van der Waals surface area contributed by atoms with Crippen LogP contribution < -0.4 is 10.1 Å². The first-order valence-corrected chi connectivity index (χ1v) is 6.79. The molecule has 0 spiro atoms. The van der Waals surface area contributed by atoms with Crippen molar-refractivity contribution in [3.8, 4) is 5.75 Å². The third-order valence-electron chi connectivity index (χ3n) is 3.33. The number of hydrogen-bond acceptors (Lipinski definition) is 3. The average Bonchev–Trinajstić information content (AvgIpc) is 2.49. The van der Waals surface area contributed by atoms with Gasteiger partial charge < -0.3 is 15.2 Å². The van der Waals surface area contributed by atoms with Gasteiger partial charge in [-0.25, -0.2) is 4.79 Å². The molecule has 2 rings (SSSR count). The lowest BCUT2D eigenvalue weighted by atomic mass is 10.1. The van der Waals surface area contributed by atoms with E-state index in [9.17, 15) is 9.59 Å². The Morgan fingerprint density at radius 2 is 1.77 bits per heavy atom. The van der Waals surface area contributed by atoms with Crippen LogP contribution >= 0.6 is 0 Å². The lowest BCUT2D eigenvalue weighted by Gasteiger charge is -2.11. The summed E-state index contributed by atoms with van der Waals surface area (Å²) in [5.74, 6) is -0.628. The van der Waals surface area contributed by atoms with Crippen molar-refractivity contribution in [2.24, 2.45) is 0 Å². The number of rotatable bonds is 5. The second-order valence-electron chi connectivity index (χ2n) is 4.92. The van der Waals surface area contributed by atoms with Crippen molar-refractivity contribution >= 4 is 17.6 Å². The lowest BCUT2D eigenvalue weighted by molar-refractivity contribution is -0.118. The summed E-state index contributed by atoms with van der Waals surface area (Å²) in [6, 6.07) is 11.6. The molecule has 2 N–H and O–H groups in total. The van der Waals surface area contributed by atoms with Crippen LogP contribution in [0.15, 0.2) is 42.5 Å². The Bertz CT molecular complexity index is 692. The number of nitrogens with one attached hydrogen (secondary N) is 1. The summed E-state index contributed by atoms with van der Waals surface area (Å²) in [5, 5.41) is 11.5. The van der Waals surface area contributed by atoms with Crippen molar-refractivity contribution in [3.63, 3.8) is 0 Å². The van der Waals surface area contributed by atoms with Crippen LogP contribution in [-0.2, 0) is 4.79 Å². The summed E-state index contributed by atoms with van der Waals surface area (Å²) in [6.45, 7) is 3.81. The van der Waals surface area contributed by atoms with Crippen molar-refractivity contribution in [1.29, 1.82) is 0 Å². The zero-order valence-electron chi connectivity index (χ0n) is 12.4. The maximum atomic E-state index is 11.8. The Hall–Kier alpha value is -2.82. The molecule has 22 heavy (non-hydrogen) atoms. The van der Waals surface area contributed by atoms with Gasteiger partial charge in [0.05, 0.1) is 5.56 Å². The van der Waals surface area contributed by atoms with Gasteiger partial charge in [0, 0.05) is 5.69 Å². The molecule has 5 heteroatoms. The summed E-state index contributed by atoms with van der Waals surface area (Å²) >= 11 is 0. The molecule has 0 aliphatic carbocycles. The zero-order valence-corrected chi connectivity index (χ0v) is 12.4. The number of anilines is 1. The largest absolute Gasteiger partial charge is 0.483 e. The van der Waals surface area contributed by atoms with Crippen LogP contribution in [0.2, 0.25) is 0 Å². The van der Waals surface area contributed by atoms with Crippen molar-refractivity contribution in [2.45, 2.75) is 13.8 Å². The zero-order chi connectivity index (χ0) is 16.1. The highest BCUT2D eigenvalue weighted by Crippen LogP contribution is 2.20. The Balaban J connectivity index is 1.93. The normalized spacial score (nSPS) is 10.1. The van der Waals surface area contributed by atoms with E-state index in [0.29, 0.717) is 11.4 Å². The molecule has 0 aromatic heterocycles. The van der Waals surface area contributed by atoms with E-state index in [0.717, 1.165) is 11.1 Å². The van der Waals surface area contributed by atoms with E-state index in [1.165, 1.54) is 12.1 Å². The molecule has 0 bridgehead atoms. The predicted octanol–water partition coefficient (Wildman–Crippen LogP) is 3.02. The molecule has 0 fully saturated rings. The third kappa shape index (κ3) is 3.85. The molecule has 5 nitrogen and oxygen atoms in total. The fraction of sp³-hybridized carbons (Fsp3) is 0.176. The maximum absolute atomic E-state index is 11.8. The summed E-state index contributed by atoms with van der Waals surface area (Å²) in [7, 11) is 0. The molecule has 0 unspecified atom stereocenters. The summed E-state index contributed by atoms with van der Waals surface area (Å²) < 4.78 is 5.51. The van der Waals surface area contributed by atoms with Crippen LogP contribution in [0, 0.1) is 13.8 Å². The van der Waals surface area contributed by atoms with Gasteiger partial charge in [-0.3, -0.25) is 4.79 Å². The molecule has 0 heterocycles. The second kappa shape index (κ2) is 6.76. The lowest BCUT2D eigenvalue weighted by Crippen LogP contribution is -2.20. The Morgan fingerprint density at radius 1 is 1.09 bits per heavy atom. The van der Waals surface area contributed by atoms with Gasteiger partial charge in [-0.15, -0.1) is 0 Å². The Labute approximate surface area is 128 Å². The first-order valence-electron chi connectivity index (χ1n) is 6.79. The number of aryl methyl sites for hydroxylation is 1. The smallest absolute Gasteiger partial charge is 0.335 e. The van der Waals surface area contributed by atoms with E-state index >= 15 is 0 Å². The summed E-state index contributed by atoms with van der Waals surface area (Å²) in [6.07, 6.45) is 0. The van der Waals surface area contributed by atoms with Crippen LogP contribution in [0.25, 0.3) is 0 Å². The van der Waals surface area contributed by atoms with Crippen molar-refractivity contribution in [2.75, 3.05) is 11.9 Å². The minimum absolute atomic E-state index is 0.106. The number of carbonyl (C=O) groups is 2. The molecule has 0 saturated carbocycles. The number of carboxylic acid groups (broad SMARTS) is 1. The first kappa shape index (κ1) is 15.6. The molecule has 0 saturated heterocycles. The number of carbonyl (C=O) groups excluding carboxylic acids is 1. The number of aromatic carboxylic acids is 1. The highest BCUT2D eigenvalue weighted by atomic mass is 16.5. The van der Waals surface area contributed by atoms with Crippen molar-refractivity contribution in [3.05, 3.63) is 59.2 Å². The van der Waals surface area contributed by atoms with Gasteiger partial charge in [0.25, 0.3) is 5.91 Å². The number of benzene rings is 2. The number of hydrogen-bond donors (Lipinski definition) is 2. The van der Waals surface area contributed by atoms with Gasteiger partial charge in [0.1, 0.15) is 5.75 Å². The molecule has 114 valence electrons. The fourth-order valence-electron chi connectivity index (χ4n) is 1.92. The minimum Gasteiger partial charge on any atom is -0.483 e. The molecule has 1 amide bonds. The van der Waals surface area contributed by atoms with Crippen LogP contribution in [0.4, 0.5) is 5.69 Å². The van der Waals surface area contributed by atoms with Crippen LogP contribution in [0.3, 0.4) is 0 Å². The van der Waals surface area contributed by atoms with E-state index in [4.69, 9.17) is 9.84 Å². The van der Waals surface area contributed by atoms with Gasteiger partial charge in [-0.05, 0) is 55.3 Å². The van der Waals surface area contributed by atoms with Gasteiger partial charge >= 0.3 is 5.97 Å². The molecular formula is C17H17NO4. The predicted molar refractivity (Wildman–Crippen MR) is 83.4 cm³/mol. The van der Waals surface area contributed by atoms with E-state index in [2.05, 4.69) is 5.32 Å². The van der Waals surface area contributed by atoms with Gasteiger partial charge in [-0.2, -0.15) is 0 Å². The Morgan fingerprint density at radius 3 is 2.41 bits per heavy atom. The maximum Gasteiger partial charge on any atom is 0.335 e. The van der Waals surface area contributed by atoms with E-state index in [1.54, 1.807) is 12.1 Å². The van der Waals surface area contributed by atoms with Crippen LogP contribution in [-0.4, -0.2) is 23.6 Å². The highest BCUT2D eigenvalue weighted by Gasteiger charge is 2.07. The number of amides is 1. The van der Waals surface area contributed by atoms with E-state index < -0.39 is 5.97 Å². The molecule has 2 aromatic rings. The van der Waals surface area contributed by atoms with Crippen LogP contribution in [0.1, 0.15) is 21.5 Å². The molecular weight excluding hydrogens is 282 g/mol. The summed E-state index contributed by atoms with van der Waals surface area (Å²) in [5.41, 5.74) is 2.80.